The summed E-state index contributed by atoms with van der Waals surface area (Å²) in [6, 6.07) is 0. The first-order chi connectivity index (χ1) is 4.75. The standard InChI is InChI=1S/C7H11NO2/c9-6(10)5-4-8-7(5)2-1-3-7/h5,8H,1-4H2,(H,9,10). The lowest BCUT2D eigenvalue weighted by Crippen LogP contribution is -2.70. The van der Waals surface area contributed by atoms with E-state index in [4.69, 9.17) is 5.11 Å². The van der Waals surface area contributed by atoms with Gasteiger partial charge in [0.05, 0.1) is 5.92 Å². The van der Waals surface area contributed by atoms with Crippen LogP contribution in [0.3, 0.4) is 0 Å². The van der Waals surface area contributed by atoms with Crippen molar-refractivity contribution in [2.45, 2.75) is 24.8 Å². The second-order valence-electron chi connectivity index (χ2n) is 3.28. The Morgan fingerprint density at radius 3 is 2.40 bits per heavy atom. The molecule has 3 nitrogen and oxygen atoms in total. The SMILES string of the molecule is O=C(O)C1CNC12CCC2. The Balaban J connectivity index is 2.05. The first-order valence-electron chi connectivity index (χ1n) is 3.72. The van der Waals surface area contributed by atoms with Crippen molar-refractivity contribution in [2.24, 2.45) is 5.92 Å². The number of hydrogen-bond acceptors (Lipinski definition) is 2. The van der Waals surface area contributed by atoms with Crippen molar-refractivity contribution in [2.75, 3.05) is 6.54 Å². The molecule has 1 unspecified atom stereocenters. The minimum atomic E-state index is -0.626. The van der Waals surface area contributed by atoms with Crippen LogP contribution in [0.4, 0.5) is 0 Å². The van der Waals surface area contributed by atoms with Crippen LogP contribution in [0.1, 0.15) is 19.3 Å². The Bertz CT molecular complexity index is 169. The van der Waals surface area contributed by atoms with E-state index in [0.717, 1.165) is 12.8 Å². The van der Waals surface area contributed by atoms with Gasteiger partial charge in [0, 0.05) is 12.1 Å². The highest BCUT2D eigenvalue weighted by Crippen LogP contribution is 2.43. The molecule has 56 valence electrons. The maximum Gasteiger partial charge on any atom is 0.309 e. The Hall–Kier alpha value is -0.570. The maximum atomic E-state index is 10.5. The van der Waals surface area contributed by atoms with Gasteiger partial charge in [0.25, 0.3) is 0 Å². The molecule has 2 N–H and O–H groups in total. The van der Waals surface area contributed by atoms with E-state index in [1.54, 1.807) is 0 Å². The fourth-order valence-corrected chi connectivity index (χ4v) is 1.90. The van der Waals surface area contributed by atoms with E-state index >= 15 is 0 Å². The van der Waals surface area contributed by atoms with Crippen molar-refractivity contribution in [1.82, 2.24) is 5.32 Å². The van der Waals surface area contributed by atoms with Gasteiger partial charge in [0.15, 0.2) is 0 Å². The van der Waals surface area contributed by atoms with Crippen LogP contribution in [0, 0.1) is 5.92 Å². The zero-order chi connectivity index (χ0) is 7.19. The molecule has 1 aliphatic carbocycles. The molecule has 0 amide bonds. The fraction of sp³-hybridized carbons (Fsp3) is 0.857. The van der Waals surface area contributed by atoms with E-state index in [-0.39, 0.29) is 11.5 Å². The van der Waals surface area contributed by atoms with Gasteiger partial charge in [0.2, 0.25) is 0 Å². The van der Waals surface area contributed by atoms with Gasteiger partial charge in [-0.1, -0.05) is 0 Å². The van der Waals surface area contributed by atoms with Crippen LogP contribution < -0.4 is 5.32 Å². The molecule has 10 heavy (non-hydrogen) atoms. The van der Waals surface area contributed by atoms with Crippen molar-refractivity contribution in [1.29, 1.82) is 0 Å². The first-order valence-corrected chi connectivity index (χ1v) is 3.72. The zero-order valence-corrected chi connectivity index (χ0v) is 5.76. The van der Waals surface area contributed by atoms with Crippen molar-refractivity contribution < 1.29 is 9.90 Å². The molecule has 1 saturated heterocycles. The van der Waals surface area contributed by atoms with E-state index in [1.165, 1.54) is 6.42 Å². The van der Waals surface area contributed by atoms with E-state index in [9.17, 15) is 4.79 Å². The molecule has 1 aliphatic heterocycles. The molecule has 1 spiro atoms. The number of rotatable bonds is 1. The van der Waals surface area contributed by atoms with Gasteiger partial charge in [0.1, 0.15) is 0 Å². The van der Waals surface area contributed by atoms with Crippen LogP contribution in [0.2, 0.25) is 0 Å². The van der Waals surface area contributed by atoms with E-state index in [0.29, 0.717) is 6.54 Å². The number of hydrogen-bond donors (Lipinski definition) is 2. The second-order valence-corrected chi connectivity index (χ2v) is 3.28. The lowest BCUT2D eigenvalue weighted by molar-refractivity contribution is -0.152. The topological polar surface area (TPSA) is 49.3 Å². The van der Waals surface area contributed by atoms with E-state index < -0.39 is 5.97 Å². The molecule has 0 aromatic rings. The third kappa shape index (κ3) is 0.560. The predicted molar refractivity (Wildman–Crippen MR) is 35.7 cm³/mol. The van der Waals surface area contributed by atoms with Crippen LogP contribution >= 0.6 is 0 Å². The molecule has 2 rings (SSSR count). The Labute approximate surface area is 59.4 Å². The summed E-state index contributed by atoms with van der Waals surface area (Å²) < 4.78 is 0. The van der Waals surface area contributed by atoms with Crippen LogP contribution in [-0.2, 0) is 4.79 Å². The summed E-state index contributed by atoms with van der Waals surface area (Å²) in [6.07, 6.45) is 3.31. The summed E-state index contributed by atoms with van der Waals surface area (Å²) in [6.45, 7) is 0.676. The molecule has 1 atom stereocenters. The highest BCUT2D eigenvalue weighted by Gasteiger charge is 2.53. The Morgan fingerprint density at radius 2 is 2.30 bits per heavy atom. The molecule has 0 aromatic heterocycles. The molecule has 0 bridgehead atoms. The van der Waals surface area contributed by atoms with Crippen molar-refractivity contribution in [3.8, 4) is 0 Å². The van der Waals surface area contributed by atoms with Crippen molar-refractivity contribution >= 4 is 5.97 Å². The summed E-state index contributed by atoms with van der Waals surface area (Å²) in [5.74, 6) is -0.723. The van der Waals surface area contributed by atoms with Crippen LogP contribution in [-0.4, -0.2) is 23.2 Å². The van der Waals surface area contributed by atoms with Crippen molar-refractivity contribution in [3.63, 3.8) is 0 Å². The highest BCUT2D eigenvalue weighted by molar-refractivity contribution is 5.74. The third-order valence-corrected chi connectivity index (χ3v) is 2.87. The van der Waals surface area contributed by atoms with E-state index in [1.807, 2.05) is 0 Å². The van der Waals surface area contributed by atoms with Gasteiger partial charge in [-0.2, -0.15) is 0 Å². The smallest absolute Gasteiger partial charge is 0.309 e. The molecule has 0 aromatic carbocycles. The molecule has 2 aliphatic rings. The van der Waals surface area contributed by atoms with Gasteiger partial charge in [-0.15, -0.1) is 0 Å². The van der Waals surface area contributed by atoms with Gasteiger partial charge in [-0.25, -0.2) is 0 Å². The highest BCUT2D eigenvalue weighted by atomic mass is 16.4. The normalized spacial score (nSPS) is 34.6. The third-order valence-electron chi connectivity index (χ3n) is 2.87. The van der Waals surface area contributed by atoms with Gasteiger partial charge < -0.3 is 10.4 Å². The average Bonchev–Trinajstić information content (AvgIpc) is 1.53. The largest absolute Gasteiger partial charge is 0.481 e. The minimum absolute atomic E-state index is 0.0336. The number of aliphatic carboxylic acids is 1. The van der Waals surface area contributed by atoms with Gasteiger partial charge >= 0.3 is 5.97 Å². The van der Waals surface area contributed by atoms with Gasteiger partial charge in [-0.05, 0) is 19.3 Å². The van der Waals surface area contributed by atoms with Crippen LogP contribution in [0.25, 0.3) is 0 Å². The summed E-state index contributed by atoms with van der Waals surface area (Å²) in [5, 5.41) is 11.9. The maximum absolute atomic E-state index is 10.5. The minimum Gasteiger partial charge on any atom is -0.481 e. The second kappa shape index (κ2) is 1.72. The number of carboxylic acids is 1. The molecule has 2 fully saturated rings. The Morgan fingerprint density at radius 1 is 1.60 bits per heavy atom. The van der Waals surface area contributed by atoms with Crippen LogP contribution in [0.15, 0.2) is 0 Å². The van der Waals surface area contributed by atoms with Crippen LogP contribution in [0.5, 0.6) is 0 Å². The monoisotopic (exact) mass is 141 g/mol. The number of nitrogens with one attached hydrogen (secondary N) is 1. The first kappa shape index (κ1) is 6.16. The zero-order valence-electron chi connectivity index (χ0n) is 5.76. The molecule has 0 radical (unpaired) electrons. The number of carboxylic acid groups (broad SMARTS) is 1. The number of carbonyl (C=O) groups is 1. The lowest BCUT2D eigenvalue weighted by Gasteiger charge is -2.54. The molecular formula is C7H11NO2. The van der Waals surface area contributed by atoms with Crippen molar-refractivity contribution in [3.05, 3.63) is 0 Å². The average molecular weight is 141 g/mol. The van der Waals surface area contributed by atoms with E-state index in [2.05, 4.69) is 5.32 Å². The van der Waals surface area contributed by atoms with Gasteiger partial charge in [-0.3, -0.25) is 4.79 Å². The summed E-state index contributed by atoms with van der Waals surface area (Å²) in [5.41, 5.74) is 0.0336. The quantitative estimate of drug-likeness (QED) is 0.549. The lowest BCUT2D eigenvalue weighted by atomic mass is 9.63. The fourth-order valence-electron chi connectivity index (χ4n) is 1.90. The summed E-state index contributed by atoms with van der Waals surface area (Å²) in [7, 11) is 0. The molecule has 1 heterocycles. The molecule has 3 heteroatoms. The predicted octanol–water partition coefficient (Wildman–Crippen LogP) is 0.213. The Kier molecular flexibility index (Phi) is 1.06. The molecular weight excluding hydrogens is 130 g/mol. The summed E-state index contributed by atoms with van der Waals surface area (Å²) >= 11 is 0. The molecule has 1 saturated carbocycles. The summed E-state index contributed by atoms with van der Waals surface area (Å²) in [4.78, 5) is 10.5.